The standard InChI is InChI=1S/C11H10BrN3O/c1-8(12)7-13-11-14-10(16-15-11)9-5-3-2-4-6-9/h2-6H,1,7H2,(H,13,15). The maximum absolute atomic E-state index is 5.11. The molecule has 5 heteroatoms. The van der Waals surface area contributed by atoms with E-state index in [0.717, 1.165) is 10.0 Å². The first-order valence-electron chi connectivity index (χ1n) is 4.72. The number of aromatic nitrogens is 2. The van der Waals surface area contributed by atoms with E-state index >= 15 is 0 Å². The van der Waals surface area contributed by atoms with Crippen molar-refractivity contribution in [3.63, 3.8) is 0 Å². The number of benzene rings is 1. The Hall–Kier alpha value is -1.62. The van der Waals surface area contributed by atoms with Crippen LogP contribution in [0.4, 0.5) is 5.95 Å². The fourth-order valence-electron chi connectivity index (χ4n) is 1.17. The maximum atomic E-state index is 5.11. The molecule has 0 amide bonds. The van der Waals surface area contributed by atoms with E-state index in [1.165, 1.54) is 0 Å². The monoisotopic (exact) mass is 279 g/mol. The predicted molar refractivity (Wildman–Crippen MR) is 66.3 cm³/mol. The van der Waals surface area contributed by atoms with Crippen molar-refractivity contribution in [2.75, 3.05) is 11.9 Å². The fraction of sp³-hybridized carbons (Fsp3) is 0.0909. The number of hydrogen-bond acceptors (Lipinski definition) is 4. The largest absolute Gasteiger partial charge is 0.347 e. The highest BCUT2D eigenvalue weighted by Crippen LogP contribution is 2.17. The van der Waals surface area contributed by atoms with Gasteiger partial charge in [0.15, 0.2) is 0 Å². The lowest BCUT2D eigenvalue weighted by Gasteiger charge is -1.96. The predicted octanol–water partition coefficient (Wildman–Crippen LogP) is 3.06. The highest BCUT2D eigenvalue weighted by Gasteiger charge is 2.07. The van der Waals surface area contributed by atoms with Crippen LogP contribution in [0.25, 0.3) is 11.5 Å². The van der Waals surface area contributed by atoms with Gasteiger partial charge in [0, 0.05) is 16.6 Å². The number of hydrogen-bond donors (Lipinski definition) is 1. The second-order valence-electron chi connectivity index (χ2n) is 3.16. The van der Waals surface area contributed by atoms with Gasteiger partial charge in [0.1, 0.15) is 0 Å². The van der Waals surface area contributed by atoms with Gasteiger partial charge in [0.25, 0.3) is 11.8 Å². The summed E-state index contributed by atoms with van der Waals surface area (Å²) in [7, 11) is 0. The quantitative estimate of drug-likeness (QED) is 0.935. The summed E-state index contributed by atoms with van der Waals surface area (Å²) < 4.78 is 5.95. The van der Waals surface area contributed by atoms with Gasteiger partial charge in [-0.3, -0.25) is 0 Å². The average Bonchev–Trinajstić information content (AvgIpc) is 2.76. The number of halogens is 1. The molecule has 0 aliphatic heterocycles. The van der Waals surface area contributed by atoms with Gasteiger partial charge >= 0.3 is 0 Å². The van der Waals surface area contributed by atoms with E-state index in [4.69, 9.17) is 4.52 Å². The fourth-order valence-corrected chi connectivity index (χ4v) is 1.31. The molecule has 4 nitrogen and oxygen atoms in total. The molecule has 1 heterocycles. The van der Waals surface area contributed by atoms with Gasteiger partial charge in [-0.15, -0.1) is 0 Å². The molecular weight excluding hydrogens is 270 g/mol. The van der Waals surface area contributed by atoms with Gasteiger partial charge in [0.05, 0.1) is 0 Å². The Labute approximate surface area is 101 Å². The zero-order chi connectivity index (χ0) is 11.4. The van der Waals surface area contributed by atoms with Gasteiger partial charge in [-0.2, -0.15) is 4.98 Å². The molecule has 0 atom stereocenters. The normalized spacial score (nSPS) is 10.1. The van der Waals surface area contributed by atoms with Crippen molar-refractivity contribution >= 4 is 21.9 Å². The second kappa shape index (κ2) is 4.94. The molecule has 0 saturated carbocycles. The first kappa shape index (κ1) is 10.9. The Morgan fingerprint density at radius 1 is 1.38 bits per heavy atom. The van der Waals surface area contributed by atoms with Crippen LogP contribution in [0, 0.1) is 0 Å². The number of rotatable bonds is 4. The number of nitrogens with one attached hydrogen (secondary N) is 1. The molecule has 0 unspecified atom stereocenters. The molecule has 82 valence electrons. The Morgan fingerprint density at radius 3 is 2.81 bits per heavy atom. The van der Waals surface area contributed by atoms with Crippen molar-refractivity contribution < 1.29 is 4.52 Å². The Kier molecular flexibility index (Phi) is 3.36. The van der Waals surface area contributed by atoms with Crippen molar-refractivity contribution in [2.45, 2.75) is 0 Å². The summed E-state index contributed by atoms with van der Waals surface area (Å²) in [6.07, 6.45) is 0. The summed E-state index contributed by atoms with van der Waals surface area (Å²) in [5.74, 6) is 0.961. The van der Waals surface area contributed by atoms with Crippen LogP contribution in [0.3, 0.4) is 0 Å². The van der Waals surface area contributed by atoms with E-state index in [1.54, 1.807) is 0 Å². The highest BCUT2D eigenvalue weighted by atomic mass is 79.9. The van der Waals surface area contributed by atoms with Crippen LogP contribution in [0.15, 0.2) is 45.9 Å². The van der Waals surface area contributed by atoms with E-state index in [1.807, 2.05) is 30.3 Å². The molecule has 1 aromatic carbocycles. The molecule has 0 radical (unpaired) electrons. The highest BCUT2D eigenvalue weighted by molar-refractivity contribution is 9.11. The minimum atomic E-state index is 0.458. The lowest BCUT2D eigenvalue weighted by molar-refractivity contribution is 0.432. The van der Waals surface area contributed by atoms with Crippen molar-refractivity contribution in [1.82, 2.24) is 10.1 Å². The third kappa shape index (κ3) is 2.70. The van der Waals surface area contributed by atoms with Crippen molar-refractivity contribution in [2.24, 2.45) is 0 Å². The van der Waals surface area contributed by atoms with Gasteiger partial charge in [-0.05, 0) is 17.3 Å². The van der Waals surface area contributed by atoms with Gasteiger partial charge in [0.2, 0.25) is 0 Å². The number of nitrogens with zero attached hydrogens (tertiary/aromatic N) is 2. The van der Waals surface area contributed by atoms with Crippen LogP contribution >= 0.6 is 15.9 Å². The van der Waals surface area contributed by atoms with Crippen molar-refractivity contribution in [3.05, 3.63) is 41.4 Å². The zero-order valence-corrected chi connectivity index (χ0v) is 10.1. The van der Waals surface area contributed by atoms with E-state index in [-0.39, 0.29) is 0 Å². The molecule has 2 rings (SSSR count). The topological polar surface area (TPSA) is 51.0 Å². The minimum absolute atomic E-state index is 0.458. The zero-order valence-electron chi connectivity index (χ0n) is 8.48. The van der Waals surface area contributed by atoms with Crippen LogP contribution < -0.4 is 5.32 Å². The van der Waals surface area contributed by atoms with Crippen LogP contribution in [0.5, 0.6) is 0 Å². The molecule has 0 fully saturated rings. The summed E-state index contributed by atoms with van der Waals surface area (Å²) in [6.45, 7) is 4.27. The van der Waals surface area contributed by atoms with Crippen LogP contribution in [-0.2, 0) is 0 Å². The summed E-state index contributed by atoms with van der Waals surface area (Å²) >= 11 is 3.24. The molecular formula is C11H10BrN3O. The summed E-state index contributed by atoms with van der Waals surface area (Å²) in [4.78, 5) is 4.20. The minimum Gasteiger partial charge on any atom is -0.347 e. The average molecular weight is 280 g/mol. The van der Waals surface area contributed by atoms with Crippen LogP contribution in [-0.4, -0.2) is 16.7 Å². The third-order valence-corrected chi connectivity index (χ3v) is 2.17. The van der Waals surface area contributed by atoms with Crippen LogP contribution in [0.1, 0.15) is 0 Å². The maximum Gasteiger partial charge on any atom is 0.264 e. The Balaban J connectivity index is 2.11. The third-order valence-electron chi connectivity index (χ3n) is 1.89. The SMILES string of the molecule is C=C(Br)CNc1noc(-c2ccccc2)n1. The molecule has 1 N–H and O–H groups in total. The molecule has 0 saturated heterocycles. The summed E-state index contributed by atoms with van der Waals surface area (Å²) in [5, 5.41) is 6.78. The molecule has 0 spiro atoms. The molecule has 0 aliphatic rings. The smallest absolute Gasteiger partial charge is 0.264 e. The van der Waals surface area contributed by atoms with E-state index in [0.29, 0.717) is 18.4 Å². The van der Waals surface area contributed by atoms with Gasteiger partial charge in [-0.25, -0.2) is 0 Å². The Morgan fingerprint density at radius 2 is 2.12 bits per heavy atom. The van der Waals surface area contributed by atoms with E-state index in [9.17, 15) is 0 Å². The first-order chi connectivity index (χ1) is 7.75. The van der Waals surface area contributed by atoms with Gasteiger partial charge < -0.3 is 9.84 Å². The lowest BCUT2D eigenvalue weighted by atomic mass is 10.2. The number of anilines is 1. The molecule has 0 bridgehead atoms. The van der Waals surface area contributed by atoms with E-state index < -0.39 is 0 Å². The summed E-state index contributed by atoms with van der Waals surface area (Å²) in [6, 6.07) is 9.62. The van der Waals surface area contributed by atoms with Crippen molar-refractivity contribution in [3.8, 4) is 11.5 Å². The Bertz CT molecular complexity index is 481. The molecule has 0 aliphatic carbocycles. The second-order valence-corrected chi connectivity index (χ2v) is 4.28. The van der Waals surface area contributed by atoms with Crippen molar-refractivity contribution in [1.29, 1.82) is 0 Å². The molecule has 16 heavy (non-hydrogen) atoms. The summed E-state index contributed by atoms with van der Waals surface area (Å²) in [5.41, 5.74) is 0.903. The lowest BCUT2D eigenvalue weighted by Crippen LogP contribution is -2.01. The first-order valence-corrected chi connectivity index (χ1v) is 5.51. The van der Waals surface area contributed by atoms with E-state index in [2.05, 4.69) is 38.0 Å². The van der Waals surface area contributed by atoms with Crippen LogP contribution in [0.2, 0.25) is 0 Å². The molecule has 2 aromatic rings. The molecule has 1 aromatic heterocycles. The van der Waals surface area contributed by atoms with Gasteiger partial charge in [-0.1, -0.05) is 40.7 Å².